The Labute approximate surface area is 203 Å². The summed E-state index contributed by atoms with van der Waals surface area (Å²) in [4.78, 5) is 24.9. The number of aromatic nitrogens is 3. The lowest BCUT2D eigenvalue weighted by Gasteiger charge is -2.19. The highest BCUT2D eigenvalue weighted by molar-refractivity contribution is 5.97. The topological polar surface area (TPSA) is 124 Å². The number of rotatable bonds is 8. The summed E-state index contributed by atoms with van der Waals surface area (Å²) in [6.45, 7) is 6.18. The molecule has 35 heavy (non-hydrogen) atoms. The Morgan fingerprint density at radius 1 is 0.971 bits per heavy atom. The number of fused-ring (bicyclic) bond motifs is 1. The Balaban J connectivity index is 1.37. The zero-order chi connectivity index (χ0) is 24.8. The van der Waals surface area contributed by atoms with Crippen LogP contribution in [0.4, 0.5) is 17.3 Å². The van der Waals surface area contributed by atoms with Gasteiger partial charge in [-0.05, 0) is 50.6 Å². The van der Waals surface area contributed by atoms with Gasteiger partial charge in [0.15, 0.2) is 0 Å². The Morgan fingerprint density at radius 2 is 1.77 bits per heavy atom. The summed E-state index contributed by atoms with van der Waals surface area (Å²) in [5, 5.41) is 7.67. The normalized spacial score (nSPS) is 11.3. The van der Waals surface area contributed by atoms with Gasteiger partial charge >= 0.3 is 0 Å². The summed E-state index contributed by atoms with van der Waals surface area (Å²) < 4.78 is 11.6. The number of ether oxygens (including phenoxy) is 2. The lowest BCUT2D eigenvalue weighted by Crippen LogP contribution is -2.32. The number of carbonyl (C=O) groups is 1. The van der Waals surface area contributed by atoms with E-state index < -0.39 is 0 Å². The largest absolute Gasteiger partial charge is 0.488 e. The first-order valence-corrected chi connectivity index (χ1v) is 11.1. The van der Waals surface area contributed by atoms with E-state index in [1.54, 1.807) is 6.20 Å². The van der Waals surface area contributed by atoms with E-state index in [9.17, 15) is 4.79 Å². The maximum Gasteiger partial charge on any atom is 0.273 e. The molecule has 0 fully saturated rings. The standard InChI is InChI=1S/C26H28N6O3/c1-26(2,3)35-16-31-25(33)21-13-30-24(14-29-21)32-23-12-17(10-11-28-23)15-34-22-9-8-20(27)18-6-4-5-7-19(18)22/h4-14H,15-16,27H2,1-3H3,(H,31,33)(H,28,30,32). The predicted molar refractivity (Wildman–Crippen MR) is 135 cm³/mol. The first kappa shape index (κ1) is 23.9. The van der Waals surface area contributed by atoms with Gasteiger partial charge in [-0.3, -0.25) is 4.79 Å². The fraction of sp³-hybridized carbons (Fsp3) is 0.231. The van der Waals surface area contributed by atoms with Gasteiger partial charge < -0.3 is 25.8 Å². The van der Waals surface area contributed by atoms with Crippen molar-refractivity contribution in [2.24, 2.45) is 0 Å². The zero-order valence-electron chi connectivity index (χ0n) is 19.9. The monoisotopic (exact) mass is 472 g/mol. The van der Waals surface area contributed by atoms with E-state index in [0.717, 1.165) is 22.1 Å². The van der Waals surface area contributed by atoms with E-state index in [0.29, 0.717) is 23.9 Å². The number of benzene rings is 2. The highest BCUT2D eigenvalue weighted by Crippen LogP contribution is 2.30. The molecule has 2 heterocycles. The third-order valence-corrected chi connectivity index (χ3v) is 5.02. The number of hydrogen-bond donors (Lipinski definition) is 3. The van der Waals surface area contributed by atoms with E-state index in [1.807, 2.05) is 69.3 Å². The van der Waals surface area contributed by atoms with E-state index in [2.05, 4.69) is 25.6 Å². The molecular weight excluding hydrogens is 444 g/mol. The summed E-state index contributed by atoms with van der Waals surface area (Å²) in [5.41, 5.74) is 7.56. The molecule has 4 N–H and O–H groups in total. The lowest BCUT2D eigenvalue weighted by atomic mass is 10.1. The van der Waals surface area contributed by atoms with E-state index in [1.165, 1.54) is 12.4 Å². The molecule has 0 atom stereocenters. The molecule has 0 unspecified atom stereocenters. The minimum atomic E-state index is -0.360. The van der Waals surface area contributed by atoms with Crippen molar-refractivity contribution in [1.29, 1.82) is 0 Å². The molecule has 9 nitrogen and oxygen atoms in total. The highest BCUT2D eigenvalue weighted by Gasteiger charge is 2.13. The van der Waals surface area contributed by atoms with Crippen LogP contribution in [-0.2, 0) is 11.3 Å². The van der Waals surface area contributed by atoms with Crippen molar-refractivity contribution in [3.63, 3.8) is 0 Å². The molecule has 4 rings (SSSR count). The second-order valence-corrected chi connectivity index (χ2v) is 8.86. The van der Waals surface area contributed by atoms with Crippen LogP contribution in [0.5, 0.6) is 5.75 Å². The van der Waals surface area contributed by atoms with Crippen LogP contribution < -0.4 is 21.1 Å². The number of anilines is 3. The number of nitrogen functional groups attached to an aromatic ring is 1. The van der Waals surface area contributed by atoms with Crippen LogP contribution in [0.25, 0.3) is 10.8 Å². The highest BCUT2D eigenvalue weighted by atomic mass is 16.5. The quantitative estimate of drug-likeness (QED) is 0.254. The summed E-state index contributed by atoms with van der Waals surface area (Å²) in [5.74, 6) is 1.44. The fourth-order valence-corrected chi connectivity index (χ4v) is 3.26. The maximum absolute atomic E-state index is 12.2. The Hall–Kier alpha value is -4.24. The van der Waals surface area contributed by atoms with Gasteiger partial charge in [0.1, 0.15) is 36.4 Å². The summed E-state index contributed by atoms with van der Waals surface area (Å²) in [6.07, 6.45) is 4.56. The minimum absolute atomic E-state index is 0.0922. The summed E-state index contributed by atoms with van der Waals surface area (Å²) in [6, 6.07) is 15.3. The molecule has 0 saturated carbocycles. The van der Waals surface area contributed by atoms with Crippen molar-refractivity contribution in [3.05, 3.63) is 78.4 Å². The number of carbonyl (C=O) groups excluding carboxylic acids is 1. The van der Waals surface area contributed by atoms with Crippen LogP contribution in [0.1, 0.15) is 36.8 Å². The van der Waals surface area contributed by atoms with Crippen LogP contribution >= 0.6 is 0 Å². The van der Waals surface area contributed by atoms with Gasteiger partial charge in [-0.1, -0.05) is 24.3 Å². The Bertz CT molecular complexity index is 1320. The van der Waals surface area contributed by atoms with Crippen molar-refractivity contribution in [2.75, 3.05) is 17.8 Å². The number of nitrogens with two attached hydrogens (primary N) is 1. The van der Waals surface area contributed by atoms with Gasteiger partial charge in [-0.15, -0.1) is 0 Å². The van der Waals surface area contributed by atoms with Crippen molar-refractivity contribution in [2.45, 2.75) is 33.0 Å². The SMILES string of the molecule is CC(C)(C)OCNC(=O)c1cnc(Nc2cc(COc3ccc(N)c4ccccc34)ccn2)cn1. The first-order chi connectivity index (χ1) is 16.8. The van der Waals surface area contributed by atoms with Crippen LogP contribution in [0.15, 0.2) is 67.1 Å². The van der Waals surface area contributed by atoms with Gasteiger partial charge in [0.25, 0.3) is 5.91 Å². The van der Waals surface area contributed by atoms with Crippen LogP contribution in [0.3, 0.4) is 0 Å². The van der Waals surface area contributed by atoms with Crippen LogP contribution in [0.2, 0.25) is 0 Å². The van der Waals surface area contributed by atoms with Gasteiger partial charge in [0.2, 0.25) is 0 Å². The molecule has 0 spiro atoms. The predicted octanol–water partition coefficient (Wildman–Crippen LogP) is 4.43. The number of nitrogens with one attached hydrogen (secondary N) is 2. The molecule has 1 amide bonds. The Kier molecular flexibility index (Phi) is 7.07. The molecule has 180 valence electrons. The maximum atomic E-state index is 12.2. The van der Waals surface area contributed by atoms with Gasteiger partial charge in [-0.2, -0.15) is 0 Å². The molecule has 2 aromatic heterocycles. The van der Waals surface area contributed by atoms with Crippen molar-refractivity contribution >= 4 is 34.0 Å². The molecule has 4 aromatic rings. The zero-order valence-corrected chi connectivity index (χ0v) is 19.9. The number of hydrogen-bond acceptors (Lipinski definition) is 8. The molecule has 0 aliphatic rings. The Morgan fingerprint density at radius 3 is 2.51 bits per heavy atom. The molecule has 2 aromatic carbocycles. The van der Waals surface area contributed by atoms with Crippen molar-refractivity contribution in [1.82, 2.24) is 20.3 Å². The molecule has 0 radical (unpaired) electrons. The van der Waals surface area contributed by atoms with Crippen LogP contribution in [0, 0.1) is 0 Å². The number of nitrogens with zero attached hydrogens (tertiary/aromatic N) is 3. The van der Waals surface area contributed by atoms with E-state index in [-0.39, 0.29) is 23.9 Å². The van der Waals surface area contributed by atoms with Gasteiger partial charge in [0, 0.05) is 22.7 Å². The summed E-state index contributed by atoms with van der Waals surface area (Å²) in [7, 11) is 0. The van der Waals surface area contributed by atoms with Crippen LogP contribution in [-0.4, -0.2) is 33.2 Å². The molecule has 9 heteroatoms. The molecule has 0 saturated heterocycles. The third-order valence-electron chi connectivity index (χ3n) is 5.02. The third kappa shape index (κ3) is 6.42. The van der Waals surface area contributed by atoms with Gasteiger partial charge in [-0.25, -0.2) is 15.0 Å². The van der Waals surface area contributed by atoms with E-state index >= 15 is 0 Å². The minimum Gasteiger partial charge on any atom is -0.488 e. The average Bonchev–Trinajstić information content (AvgIpc) is 2.84. The molecule has 0 aliphatic carbocycles. The smallest absolute Gasteiger partial charge is 0.273 e. The average molecular weight is 473 g/mol. The van der Waals surface area contributed by atoms with Crippen molar-refractivity contribution in [3.8, 4) is 5.75 Å². The second-order valence-electron chi connectivity index (χ2n) is 8.86. The first-order valence-electron chi connectivity index (χ1n) is 11.1. The number of pyridine rings is 1. The van der Waals surface area contributed by atoms with Crippen molar-refractivity contribution < 1.29 is 14.3 Å². The van der Waals surface area contributed by atoms with Gasteiger partial charge in [0.05, 0.1) is 18.0 Å². The molecule has 0 aliphatic heterocycles. The molecule has 0 bridgehead atoms. The number of amides is 1. The fourth-order valence-electron chi connectivity index (χ4n) is 3.26. The lowest BCUT2D eigenvalue weighted by molar-refractivity contribution is -0.0112. The summed E-state index contributed by atoms with van der Waals surface area (Å²) >= 11 is 0. The second kappa shape index (κ2) is 10.4. The van der Waals surface area contributed by atoms with E-state index in [4.69, 9.17) is 15.2 Å². The molecular formula is C26H28N6O3.